The molecular formula is C11H12O6. The molecule has 6 heteroatoms. The van der Waals surface area contributed by atoms with Crippen molar-refractivity contribution < 1.29 is 29.0 Å². The number of carbonyl (C=O) groups is 3. The number of hydrogen-bond donors (Lipinski definition) is 1. The lowest BCUT2D eigenvalue weighted by Gasteiger charge is -2.28. The van der Waals surface area contributed by atoms with E-state index in [-0.39, 0.29) is 12.2 Å². The van der Waals surface area contributed by atoms with Crippen molar-refractivity contribution in [3.63, 3.8) is 0 Å². The maximum Gasteiger partial charge on any atom is 0.352 e. The molecule has 0 saturated carbocycles. The Morgan fingerprint density at radius 3 is 2.41 bits per heavy atom. The number of rotatable bonds is 3. The van der Waals surface area contributed by atoms with Gasteiger partial charge in [-0.05, 0) is 12.2 Å². The lowest BCUT2D eigenvalue weighted by Crippen LogP contribution is -2.42. The summed E-state index contributed by atoms with van der Waals surface area (Å²) in [4.78, 5) is 32.8. The number of carbonyl (C=O) groups excluding carboxylic acids is 2. The van der Waals surface area contributed by atoms with Gasteiger partial charge < -0.3 is 14.6 Å². The topological polar surface area (TPSA) is 89.9 Å². The van der Waals surface area contributed by atoms with Gasteiger partial charge in [0, 0.05) is 13.8 Å². The van der Waals surface area contributed by atoms with Crippen LogP contribution in [0.15, 0.2) is 24.0 Å². The fourth-order valence-electron chi connectivity index (χ4n) is 1.46. The fraction of sp³-hybridized carbons (Fsp3) is 0.364. The van der Waals surface area contributed by atoms with Gasteiger partial charge in [0.05, 0.1) is 6.42 Å². The van der Waals surface area contributed by atoms with Crippen LogP contribution >= 0.6 is 0 Å². The molecule has 6 nitrogen and oxygen atoms in total. The van der Waals surface area contributed by atoms with Gasteiger partial charge in [-0.1, -0.05) is 6.08 Å². The molecule has 0 bridgehead atoms. The molecule has 0 amide bonds. The number of ether oxygens (including phenoxy) is 2. The Kier molecular flexibility index (Phi) is 3.67. The molecule has 1 unspecified atom stereocenters. The van der Waals surface area contributed by atoms with Crippen LogP contribution in [0, 0.1) is 0 Å². The molecule has 0 aromatic rings. The van der Waals surface area contributed by atoms with Gasteiger partial charge in [0.15, 0.2) is 0 Å². The van der Waals surface area contributed by atoms with Crippen LogP contribution in [0.25, 0.3) is 0 Å². The van der Waals surface area contributed by atoms with Gasteiger partial charge in [-0.25, -0.2) is 4.79 Å². The van der Waals surface area contributed by atoms with Crippen LogP contribution in [0.4, 0.5) is 0 Å². The third-order valence-corrected chi connectivity index (χ3v) is 2.05. The first-order valence-corrected chi connectivity index (χ1v) is 4.85. The molecule has 1 aliphatic carbocycles. The zero-order chi connectivity index (χ0) is 13.1. The highest BCUT2D eigenvalue weighted by atomic mass is 16.6. The summed E-state index contributed by atoms with van der Waals surface area (Å²) < 4.78 is 9.59. The SMILES string of the molecule is CC(=O)OC1=CC=CC(OC(C)=O)(C(=O)O)C1. The molecule has 1 rings (SSSR count). The van der Waals surface area contributed by atoms with Crippen LogP contribution in [0.5, 0.6) is 0 Å². The summed E-state index contributed by atoms with van der Waals surface area (Å²) in [5, 5.41) is 9.09. The molecule has 0 spiro atoms. The van der Waals surface area contributed by atoms with Crippen molar-refractivity contribution in [3.05, 3.63) is 24.0 Å². The minimum Gasteiger partial charge on any atom is -0.478 e. The van der Waals surface area contributed by atoms with E-state index in [1.54, 1.807) is 0 Å². The number of aliphatic carboxylic acids is 1. The Morgan fingerprint density at radius 2 is 1.94 bits per heavy atom. The van der Waals surface area contributed by atoms with Crippen LogP contribution in [-0.4, -0.2) is 28.6 Å². The fourth-order valence-corrected chi connectivity index (χ4v) is 1.46. The normalized spacial score (nSPS) is 22.6. The number of esters is 2. The van der Waals surface area contributed by atoms with Crippen molar-refractivity contribution in [2.24, 2.45) is 0 Å². The highest BCUT2D eigenvalue weighted by Crippen LogP contribution is 2.28. The Hall–Kier alpha value is -2.11. The molecule has 0 aliphatic heterocycles. The molecule has 92 valence electrons. The number of carboxylic acids is 1. The zero-order valence-electron chi connectivity index (χ0n) is 9.43. The van der Waals surface area contributed by atoms with Gasteiger partial charge >= 0.3 is 17.9 Å². The van der Waals surface area contributed by atoms with E-state index in [4.69, 9.17) is 14.6 Å². The average Bonchev–Trinajstić information content (AvgIpc) is 2.15. The van der Waals surface area contributed by atoms with Gasteiger partial charge in [0.1, 0.15) is 5.76 Å². The molecule has 1 atom stereocenters. The van der Waals surface area contributed by atoms with E-state index < -0.39 is 23.5 Å². The minimum absolute atomic E-state index is 0.142. The molecule has 17 heavy (non-hydrogen) atoms. The van der Waals surface area contributed by atoms with Crippen LogP contribution in [0.2, 0.25) is 0 Å². The van der Waals surface area contributed by atoms with Crippen molar-refractivity contribution in [2.45, 2.75) is 25.9 Å². The van der Waals surface area contributed by atoms with Crippen LogP contribution < -0.4 is 0 Å². The van der Waals surface area contributed by atoms with E-state index in [1.165, 1.54) is 25.2 Å². The Labute approximate surface area is 97.5 Å². The van der Waals surface area contributed by atoms with Crippen molar-refractivity contribution in [1.29, 1.82) is 0 Å². The summed E-state index contributed by atoms with van der Waals surface area (Å²) in [6.45, 7) is 2.32. The van der Waals surface area contributed by atoms with Crippen LogP contribution in [0.1, 0.15) is 20.3 Å². The summed E-state index contributed by atoms with van der Waals surface area (Å²) >= 11 is 0. The first-order valence-electron chi connectivity index (χ1n) is 4.85. The molecule has 1 N–H and O–H groups in total. The molecule has 0 saturated heterocycles. The monoisotopic (exact) mass is 240 g/mol. The lowest BCUT2D eigenvalue weighted by atomic mass is 9.94. The standard InChI is InChI=1S/C11H12O6/c1-7(12)16-9-4-3-5-11(6-9,10(14)15)17-8(2)13/h3-5H,6H2,1-2H3,(H,14,15). The number of carboxylic acid groups (broad SMARTS) is 1. The smallest absolute Gasteiger partial charge is 0.352 e. The minimum atomic E-state index is -1.80. The summed E-state index contributed by atoms with van der Waals surface area (Å²) in [5.41, 5.74) is -1.80. The summed E-state index contributed by atoms with van der Waals surface area (Å²) in [7, 11) is 0. The summed E-state index contributed by atoms with van der Waals surface area (Å²) in [6.07, 6.45) is 3.85. The van der Waals surface area contributed by atoms with Crippen LogP contribution in [-0.2, 0) is 23.9 Å². The van der Waals surface area contributed by atoms with Crippen molar-refractivity contribution in [2.75, 3.05) is 0 Å². The van der Waals surface area contributed by atoms with Gasteiger partial charge in [-0.15, -0.1) is 0 Å². The summed E-state index contributed by atoms with van der Waals surface area (Å²) in [6, 6.07) is 0. The maximum absolute atomic E-state index is 11.1. The first-order chi connectivity index (χ1) is 7.85. The second kappa shape index (κ2) is 4.82. The van der Waals surface area contributed by atoms with E-state index in [0.717, 1.165) is 6.92 Å². The first kappa shape index (κ1) is 13.0. The Bertz CT molecular complexity index is 420. The quantitative estimate of drug-likeness (QED) is 0.733. The largest absolute Gasteiger partial charge is 0.478 e. The average molecular weight is 240 g/mol. The van der Waals surface area contributed by atoms with Gasteiger partial charge in [0.25, 0.3) is 0 Å². The van der Waals surface area contributed by atoms with Crippen molar-refractivity contribution in [1.82, 2.24) is 0 Å². The third-order valence-electron chi connectivity index (χ3n) is 2.05. The summed E-state index contributed by atoms with van der Waals surface area (Å²) in [5.74, 6) is -2.46. The van der Waals surface area contributed by atoms with E-state index in [0.29, 0.717) is 0 Å². The van der Waals surface area contributed by atoms with E-state index >= 15 is 0 Å². The molecule has 0 radical (unpaired) electrons. The predicted octanol–water partition coefficient (Wildman–Crippen LogP) is 0.780. The molecular weight excluding hydrogens is 228 g/mol. The van der Waals surface area contributed by atoms with Gasteiger partial charge in [0.2, 0.25) is 5.60 Å². The van der Waals surface area contributed by atoms with Crippen LogP contribution in [0.3, 0.4) is 0 Å². The maximum atomic E-state index is 11.1. The third kappa shape index (κ3) is 3.17. The highest BCUT2D eigenvalue weighted by molar-refractivity contribution is 5.84. The number of allylic oxidation sites excluding steroid dienone is 2. The van der Waals surface area contributed by atoms with Crippen molar-refractivity contribution >= 4 is 17.9 Å². The Morgan fingerprint density at radius 1 is 1.29 bits per heavy atom. The van der Waals surface area contributed by atoms with Gasteiger partial charge in [-0.2, -0.15) is 0 Å². The van der Waals surface area contributed by atoms with E-state index in [9.17, 15) is 14.4 Å². The van der Waals surface area contributed by atoms with Crippen molar-refractivity contribution in [3.8, 4) is 0 Å². The van der Waals surface area contributed by atoms with E-state index in [2.05, 4.69) is 0 Å². The molecule has 0 aromatic carbocycles. The molecule has 0 heterocycles. The predicted molar refractivity (Wildman–Crippen MR) is 55.7 cm³/mol. The number of hydrogen-bond acceptors (Lipinski definition) is 5. The van der Waals surface area contributed by atoms with E-state index in [1.807, 2.05) is 0 Å². The van der Waals surface area contributed by atoms with Gasteiger partial charge in [-0.3, -0.25) is 9.59 Å². The lowest BCUT2D eigenvalue weighted by molar-refractivity contribution is -0.172. The molecule has 0 fully saturated rings. The zero-order valence-corrected chi connectivity index (χ0v) is 9.43. The highest BCUT2D eigenvalue weighted by Gasteiger charge is 2.42. The second-order valence-electron chi connectivity index (χ2n) is 3.55. The molecule has 1 aliphatic rings. The molecule has 0 aromatic heterocycles. The second-order valence-corrected chi connectivity index (χ2v) is 3.55. The Balaban J connectivity index is 2.93.